The van der Waals surface area contributed by atoms with Crippen LogP contribution in [0.5, 0.6) is 0 Å². The molecule has 26 heavy (non-hydrogen) atoms. The summed E-state index contributed by atoms with van der Waals surface area (Å²) in [7, 11) is 6.36. The molecule has 0 spiro atoms. The van der Waals surface area contributed by atoms with Crippen molar-refractivity contribution in [2.75, 3.05) is 28.4 Å². The predicted octanol–water partition coefficient (Wildman–Crippen LogP) is 2.55. The second-order valence-corrected chi connectivity index (χ2v) is 6.11. The summed E-state index contributed by atoms with van der Waals surface area (Å²) in [5, 5.41) is 9.67. The molecule has 0 aliphatic heterocycles. The molecule has 1 aliphatic carbocycles. The summed E-state index contributed by atoms with van der Waals surface area (Å²) in [4.78, 5) is 12.1. The highest BCUT2D eigenvalue weighted by atomic mass is 16.5. The number of aliphatic hydroxyl groups excluding tert-OH is 1. The number of carbonyl (C=O) groups excluding carboxylic acids is 1. The average molecular weight is 366 g/mol. The Morgan fingerprint density at radius 2 is 1.65 bits per heavy atom. The van der Waals surface area contributed by atoms with E-state index in [0.717, 1.165) is 19.3 Å². The number of hydrogen-bond acceptors (Lipinski definition) is 6. The smallest absolute Gasteiger partial charge is 0.182 e. The third-order valence-corrected chi connectivity index (χ3v) is 4.25. The first kappa shape index (κ1) is 22.2. The standard InChI is InChI=1S/C20H30O6/c1-23-10-9-16(21)7-8-18(24-2)13-17(22)6-5-15-11-19(25-3)14-20(12-15)26-4/h5-10,13,15-16,19-21H,11-12,14H2,1-4H3/b6-5+,8-7+,10-9+,18-13-. The van der Waals surface area contributed by atoms with Crippen LogP contribution in [0, 0.1) is 5.92 Å². The third-order valence-electron chi connectivity index (χ3n) is 4.25. The van der Waals surface area contributed by atoms with Crippen LogP contribution in [0.15, 0.2) is 48.5 Å². The molecule has 1 rings (SSSR count). The topological polar surface area (TPSA) is 74.2 Å². The maximum atomic E-state index is 12.1. The van der Waals surface area contributed by atoms with Gasteiger partial charge in [0.1, 0.15) is 5.76 Å². The summed E-state index contributed by atoms with van der Waals surface area (Å²) in [6.07, 6.45) is 12.8. The molecule has 0 aromatic carbocycles. The van der Waals surface area contributed by atoms with E-state index < -0.39 is 6.10 Å². The van der Waals surface area contributed by atoms with Crippen LogP contribution >= 0.6 is 0 Å². The van der Waals surface area contributed by atoms with E-state index in [1.807, 2.05) is 6.08 Å². The molecule has 6 heteroatoms. The Morgan fingerprint density at radius 3 is 2.19 bits per heavy atom. The minimum Gasteiger partial charge on any atom is -0.505 e. The highest BCUT2D eigenvalue weighted by molar-refractivity contribution is 5.99. The Bertz CT molecular complexity index is 522. The van der Waals surface area contributed by atoms with E-state index >= 15 is 0 Å². The lowest BCUT2D eigenvalue weighted by atomic mass is 9.84. The number of hydrogen-bond donors (Lipinski definition) is 1. The van der Waals surface area contributed by atoms with Gasteiger partial charge in [0.25, 0.3) is 0 Å². The SMILES string of the molecule is CO/C=C/C(O)/C=C/C(=C/C(=O)/C=C/C1CC(OC)CC(OC)C1)OC. The molecule has 0 amide bonds. The molecule has 6 nitrogen and oxygen atoms in total. The van der Waals surface area contributed by atoms with Crippen molar-refractivity contribution in [1.29, 1.82) is 0 Å². The lowest BCUT2D eigenvalue weighted by Crippen LogP contribution is -2.31. The molecule has 1 fully saturated rings. The fourth-order valence-electron chi connectivity index (χ4n) is 2.81. The van der Waals surface area contributed by atoms with Crippen LogP contribution in [-0.2, 0) is 23.7 Å². The molecular weight excluding hydrogens is 336 g/mol. The molecule has 0 radical (unpaired) electrons. The van der Waals surface area contributed by atoms with Gasteiger partial charge in [-0.1, -0.05) is 6.08 Å². The maximum absolute atomic E-state index is 12.1. The molecule has 0 saturated heterocycles. The molecular formula is C20H30O6. The second-order valence-electron chi connectivity index (χ2n) is 6.11. The predicted molar refractivity (Wildman–Crippen MR) is 99.5 cm³/mol. The van der Waals surface area contributed by atoms with E-state index in [2.05, 4.69) is 0 Å². The monoisotopic (exact) mass is 366 g/mol. The fourth-order valence-corrected chi connectivity index (χ4v) is 2.81. The number of ketones is 1. The molecule has 0 aromatic rings. The lowest BCUT2D eigenvalue weighted by Gasteiger charge is -2.31. The van der Waals surface area contributed by atoms with Crippen LogP contribution in [0.2, 0.25) is 0 Å². The lowest BCUT2D eigenvalue weighted by molar-refractivity contribution is -0.110. The van der Waals surface area contributed by atoms with Gasteiger partial charge >= 0.3 is 0 Å². The van der Waals surface area contributed by atoms with Gasteiger partial charge in [-0.25, -0.2) is 0 Å². The Morgan fingerprint density at radius 1 is 1.00 bits per heavy atom. The Balaban J connectivity index is 2.66. The third kappa shape index (κ3) is 8.47. The molecule has 3 atom stereocenters. The summed E-state index contributed by atoms with van der Waals surface area (Å²) < 4.78 is 20.8. The van der Waals surface area contributed by atoms with Gasteiger partial charge in [-0.2, -0.15) is 0 Å². The zero-order chi connectivity index (χ0) is 19.4. The van der Waals surface area contributed by atoms with Crippen molar-refractivity contribution < 1.29 is 28.8 Å². The van der Waals surface area contributed by atoms with Gasteiger partial charge < -0.3 is 24.1 Å². The largest absolute Gasteiger partial charge is 0.505 e. The van der Waals surface area contributed by atoms with Gasteiger partial charge in [0.05, 0.1) is 38.8 Å². The molecule has 1 N–H and O–H groups in total. The van der Waals surface area contributed by atoms with Gasteiger partial charge in [0, 0.05) is 20.3 Å². The number of aliphatic hydroxyl groups is 1. The Kier molecular flexibility index (Phi) is 10.6. The van der Waals surface area contributed by atoms with Gasteiger partial charge in [0.15, 0.2) is 5.78 Å². The number of methoxy groups -OCH3 is 4. The van der Waals surface area contributed by atoms with Crippen molar-refractivity contribution in [3.05, 3.63) is 48.5 Å². The Hall–Kier alpha value is -1.89. The van der Waals surface area contributed by atoms with Crippen molar-refractivity contribution in [3.63, 3.8) is 0 Å². The second kappa shape index (κ2) is 12.5. The van der Waals surface area contributed by atoms with Crippen molar-refractivity contribution in [2.45, 2.75) is 37.6 Å². The minimum absolute atomic E-state index is 0.146. The van der Waals surface area contributed by atoms with Gasteiger partial charge in [-0.3, -0.25) is 4.79 Å². The van der Waals surface area contributed by atoms with Crippen LogP contribution in [0.4, 0.5) is 0 Å². The first-order chi connectivity index (χ1) is 12.5. The summed E-state index contributed by atoms with van der Waals surface area (Å²) in [5.41, 5.74) is 0. The zero-order valence-electron chi connectivity index (χ0n) is 16.0. The fraction of sp³-hybridized carbons (Fsp3) is 0.550. The molecule has 1 aliphatic rings. The minimum atomic E-state index is -0.821. The van der Waals surface area contributed by atoms with E-state index in [-0.39, 0.29) is 23.9 Å². The van der Waals surface area contributed by atoms with Crippen LogP contribution in [0.1, 0.15) is 19.3 Å². The van der Waals surface area contributed by atoms with Crippen LogP contribution in [-0.4, -0.2) is 57.6 Å². The van der Waals surface area contributed by atoms with Crippen LogP contribution in [0.25, 0.3) is 0 Å². The van der Waals surface area contributed by atoms with E-state index in [4.69, 9.17) is 18.9 Å². The maximum Gasteiger partial charge on any atom is 0.182 e. The number of ether oxygens (including phenoxy) is 4. The van der Waals surface area contributed by atoms with Gasteiger partial charge in [0.2, 0.25) is 0 Å². The summed E-state index contributed by atoms with van der Waals surface area (Å²) >= 11 is 0. The summed E-state index contributed by atoms with van der Waals surface area (Å²) in [5.74, 6) is 0.415. The van der Waals surface area contributed by atoms with E-state index in [0.29, 0.717) is 5.76 Å². The van der Waals surface area contributed by atoms with Crippen LogP contribution < -0.4 is 0 Å². The van der Waals surface area contributed by atoms with Crippen molar-refractivity contribution in [3.8, 4) is 0 Å². The number of carbonyl (C=O) groups is 1. The average Bonchev–Trinajstić information content (AvgIpc) is 2.67. The number of rotatable bonds is 10. The van der Waals surface area contributed by atoms with Crippen LogP contribution in [0.3, 0.4) is 0 Å². The highest BCUT2D eigenvalue weighted by Gasteiger charge is 2.27. The first-order valence-corrected chi connectivity index (χ1v) is 8.61. The number of allylic oxidation sites excluding steroid dienone is 4. The highest BCUT2D eigenvalue weighted by Crippen LogP contribution is 2.29. The molecule has 146 valence electrons. The van der Waals surface area contributed by atoms with E-state index in [1.54, 1.807) is 26.4 Å². The Labute approximate surface area is 155 Å². The summed E-state index contributed by atoms with van der Waals surface area (Å²) in [6.45, 7) is 0. The molecule has 0 heterocycles. The first-order valence-electron chi connectivity index (χ1n) is 8.61. The van der Waals surface area contributed by atoms with E-state index in [1.165, 1.54) is 38.7 Å². The van der Waals surface area contributed by atoms with Crippen molar-refractivity contribution in [2.24, 2.45) is 5.92 Å². The normalized spacial score (nSPS) is 25.9. The van der Waals surface area contributed by atoms with Crippen molar-refractivity contribution >= 4 is 5.78 Å². The zero-order valence-corrected chi connectivity index (χ0v) is 16.0. The van der Waals surface area contributed by atoms with E-state index in [9.17, 15) is 9.90 Å². The van der Waals surface area contributed by atoms with Gasteiger partial charge in [-0.05, 0) is 49.5 Å². The molecule has 1 saturated carbocycles. The molecule has 3 unspecified atom stereocenters. The quantitative estimate of drug-likeness (QED) is 0.364. The van der Waals surface area contributed by atoms with Gasteiger partial charge in [-0.15, -0.1) is 0 Å². The van der Waals surface area contributed by atoms with Crippen molar-refractivity contribution in [1.82, 2.24) is 0 Å². The molecule has 0 bridgehead atoms. The summed E-state index contributed by atoms with van der Waals surface area (Å²) in [6, 6.07) is 0. The molecule has 0 aromatic heterocycles.